The van der Waals surface area contributed by atoms with Gasteiger partial charge in [0.15, 0.2) is 0 Å². The minimum absolute atomic E-state index is 1.04. The molecule has 0 atom stereocenters. The van der Waals surface area contributed by atoms with Crippen LogP contribution in [0.15, 0.2) is 158 Å². The lowest BCUT2D eigenvalue weighted by Gasteiger charge is -2.20. The van der Waals surface area contributed by atoms with E-state index in [-0.39, 0.29) is 0 Å². The predicted octanol–water partition coefficient (Wildman–Crippen LogP) is 15.6. The van der Waals surface area contributed by atoms with E-state index in [0.29, 0.717) is 0 Å². The molecule has 0 bridgehead atoms. The number of hydrogen-bond donors (Lipinski definition) is 0. The van der Waals surface area contributed by atoms with Gasteiger partial charge in [-0.05, 0) is 147 Å². The van der Waals surface area contributed by atoms with Crippen LogP contribution in [0.1, 0.15) is 44.7 Å². The van der Waals surface area contributed by atoms with Crippen molar-refractivity contribution in [2.24, 2.45) is 0 Å². The van der Waals surface area contributed by atoms with Crippen LogP contribution in [-0.2, 0) is 12.8 Å². The quantitative estimate of drug-likeness (QED) is 0.116. The van der Waals surface area contributed by atoms with Gasteiger partial charge in [-0.25, -0.2) is 0 Å². The normalized spacial score (nSPS) is 11.7. The summed E-state index contributed by atoms with van der Waals surface area (Å²) in [5.41, 5.74) is 10.6. The van der Waals surface area contributed by atoms with E-state index < -0.39 is 0 Å². The standard InChI is InChI=1S/C50H38.C3H6/c1-3-5-10-32-12-7-16-36(28-32)40-24-22-38-30-46(42-18-9-14-34-20-26-44(40)50(38)48(34)42)45-29-37-21-23-39(35-15-6-11-31(4-2)27-35)43-25-19-33-13-8-17-41(45)47(33)49(37)43;1-3-2/h6-9,11-30H,3-5,10H2,1-2H3;3H,1H2,2H3. The maximum atomic E-state index is 3.36. The van der Waals surface area contributed by atoms with Gasteiger partial charge in [0.1, 0.15) is 0 Å². The Morgan fingerprint density at radius 2 is 0.868 bits per heavy atom. The summed E-state index contributed by atoms with van der Waals surface area (Å²) < 4.78 is 0. The van der Waals surface area contributed by atoms with E-state index in [2.05, 4.69) is 166 Å². The second kappa shape index (κ2) is 13.5. The Morgan fingerprint density at radius 3 is 1.38 bits per heavy atom. The van der Waals surface area contributed by atoms with Crippen molar-refractivity contribution in [3.8, 4) is 33.4 Å². The molecule has 0 unspecified atom stereocenters. The molecule has 0 saturated heterocycles. The van der Waals surface area contributed by atoms with Crippen molar-refractivity contribution in [1.82, 2.24) is 0 Å². The van der Waals surface area contributed by atoms with Crippen LogP contribution >= 0.6 is 0 Å². The van der Waals surface area contributed by atoms with Gasteiger partial charge in [-0.3, -0.25) is 0 Å². The lowest BCUT2D eigenvalue weighted by molar-refractivity contribution is 0.795. The third-order valence-corrected chi connectivity index (χ3v) is 11.3. The Kier molecular flexibility index (Phi) is 8.40. The zero-order chi connectivity index (χ0) is 36.1. The summed E-state index contributed by atoms with van der Waals surface area (Å²) in [7, 11) is 0. The van der Waals surface area contributed by atoms with E-state index in [1.807, 2.05) is 6.92 Å². The van der Waals surface area contributed by atoms with Crippen LogP contribution < -0.4 is 0 Å². The molecule has 10 rings (SSSR count). The summed E-state index contributed by atoms with van der Waals surface area (Å²) in [6.07, 6.45) is 6.35. The topological polar surface area (TPSA) is 0 Å². The highest BCUT2D eigenvalue weighted by molar-refractivity contribution is 6.32. The first kappa shape index (κ1) is 32.9. The van der Waals surface area contributed by atoms with Crippen LogP contribution in [0.4, 0.5) is 0 Å². The third kappa shape index (κ3) is 5.44. The maximum Gasteiger partial charge on any atom is -0.00201 e. The van der Waals surface area contributed by atoms with Crippen molar-refractivity contribution in [2.75, 3.05) is 0 Å². The Morgan fingerprint density at radius 1 is 0.434 bits per heavy atom. The molecule has 0 aliphatic heterocycles. The molecule has 0 radical (unpaired) electrons. The predicted molar refractivity (Wildman–Crippen MR) is 234 cm³/mol. The number of aryl methyl sites for hydroxylation is 2. The summed E-state index contributed by atoms with van der Waals surface area (Å²) in [6.45, 7) is 9.75. The van der Waals surface area contributed by atoms with Crippen molar-refractivity contribution in [1.29, 1.82) is 0 Å². The molecule has 0 nitrogen and oxygen atoms in total. The number of hydrogen-bond acceptors (Lipinski definition) is 0. The van der Waals surface area contributed by atoms with E-state index in [0.717, 1.165) is 12.8 Å². The second-order valence-electron chi connectivity index (χ2n) is 14.6. The van der Waals surface area contributed by atoms with Crippen LogP contribution in [0.5, 0.6) is 0 Å². The first-order chi connectivity index (χ1) is 26.1. The van der Waals surface area contributed by atoms with Gasteiger partial charge in [0.25, 0.3) is 0 Å². The van der Waals surface area contributed by atoms with Crippen LogP contribution in [-0.4, -0.2) is 0 Å². The number of rotatable bonds is 7. The zero-order valence-electron chi connectivity index (χ0n) is 31.0. The summed E-state index contributed by atoms with van der Waals surface area (Å²) in [6, 6.07) is 55.6. The Balaban J connectivity index is 0.00000120. The zero-order valence-corrected chi connectivity index (χ0v) is 31.0. The number of allylic oxidation sites excluding steroid dienone is 1. The smallest absolute Gasteiger partial charge is 0.00201 e. The molecular formula is C53H44. The minimum Gasteiger partial charge on any atom is -0.103 e. The molecule has 0 heterocycles. The summed E-state index contributed by atoms with van der Waals surface area (Å²) >= 11 is 0. The van der Waals surface area contributed by atoms with Crippen LogP contribution in [0.2, 0.25) is 0 Å². The molecule has 0 heteroatoms. The average Bonchev–Trinajstić information content (AvgIpc) is 3.21. The lowest BCUT2D eigenvalue weighted by Crippen LogP contribution is -1.93. The van der Waals surface area contributed by atoms with E-state index in [4.69, 9.17) is 0 Å². The highest BCUT2D eigenvalue weighted by atomic mass is 14.2. The highest BCUT2D eigenvalue weighted by Gasteiger charge is 2.20. The molecule has 0 fully saturated rings. The van der Waals surface area contributed by atoms with E-state index >= 15 is 0 Å². The molecule has 0 spiro atoms. The fourth-order valence-corrected chi connectivity index (χ4v) is 8.84. The summed E-state index contributed by atoms with van der Waals surface area (Å²) in [5.74, 6) is 0. The molecule has 0 amide bonds. The van der Waals surface area contributed by atoms with Gasteiger partial charge in [0.05, 0.1) is 0 Å². The highest BCUT2D eigenvalue weighted by Crippen LogP contribution is 2.48. The fraction of sp³-hybridized carbons (Fsp3) is 0.132. The van der Waals surface area contributed by atoms with E-state index in [1.165, 1.54) is 122 Å². The Hall–Kier alpha value is -5.98. The lowest BCUT2D eigenvalue weighted by atomic mass is 9.83. The molecule has 10 aromatic rings. The van der Waals surface area contributed by atoms with E-state index in [9.17, 15) is 0 Å². The van der Waals surface area contributed by atoms with Crippen molar-refractivity contribution in [3.05, 3.63) is 169 Å². The molecular weight excluding hydrogens is 637 g/mol. The van der Waals surface area contributed by atoms with Crippen molar-refractivity contribution in [3.63, 3.8) is 0 Å². The summed E-state index contributed by atoms with van der Waals surface area (Å²) in [4.78, 5) is 0. The van der Waals surface area contributed by atoms with Crippen LogP contribution in [0.3, 0.4) is 0 Å². The third-order valence-electron chi connectivity index (χ3n) is 11.3. The summed E-state index contributed by atoms with van der Waals surface area (Å²) in [5, 5.41) is 16.0. The molecule has 0 saturated carbocycles. The van der Waals surface area contributed by atoms with Gasteiger partial charge >= 0.3 is 0 Å². The first-order valence-electron chi connectivity index (χ1n) is 19.3. The Labute approximate surface area is 312 Å². The van der Waals surface area contributed by atoms with Gasteiger partial charge in [-0.15, -0.1) is 6.58 Å². The fourth-order valence-electron chi connectivity index (χ4n) is 8.84. The van der Waals surface area contributed by atoms with Crippen LogP contribution in [0, 0.1) is 0 Å². The van der Waals surface area contributed by atoms with Crippen LogP contribution in [0.25, 0.3) is 98.0 Å². The van der Waals surface area contributed by atoms with Gasteiger partial charge in [-0.2, -0.15) is 0 Å². The van der Waals surface area contributed by atoms with Crippen molar-refractivity contribution >= 4 is 64.6 Å². The average molecular weight is 681 g/mol. The minimum atomic E-state index is 1.04. The molecule has 0 aromatic heterocycles. The number of unbranched alkanes of at least 4 members (excludes halogenated alkanes) is 1. The number of benzene rings is 10. The Bertz CT molecular complexity index is 2940. The molecule has 53 heavy (non-hydrogen) atoms. The van der Waals surface area contributed by atoms with Gasteiger partial charge in [0.2, 0.25) is 0 Å². The van der Waals surface area contributed by atoms with Gasteiger partial charge in [0, 0.05) is 0 Å². The SMILES string of the molecule is C=CC.CCCCc1cccc(-c2ccc3cc(-c4cc5ccc(-c6cccc(CC)c6)c6ccc7cccc4c7c56)c4cccc5ccc2c3c54)c1. The molecule has 0 N–H and O–H groups in total. The van der Waals surface area contributed by atoms with Crippen molar-refractivity contribution in [2.45, 2.75) is 46.5 Å². The van der Waals surface area contributed by atoms with Crippen molar-refractivity contribution < 1.29 is 0 Å². The second-order valence-corrected chi connectivity index (χ2v) is 14.6. The monoisotopic (exact) mass is 680 g/mol. The first-order valence-corrected chi connectivity index (χ1v) is 19.3. The molecule has 0 aliphatic rings. The molecule has 256 valence electrons. The molecule has 10 aromatic carbocycles. The van der Waals surface area contributed by atoms with E-state index in [1.54, 1.807) is 6.08 Å². The van der Waals surface area contributed by atoms with Gasteiger partial charge in [-0.1, -0.05) is 160 Å². The van der Waals surface area contributed by atoms with Gasteiger partial charge < -0.3 is 0 Å². The largest absolute Gasteiger partial charge is 0.103 e. The maximum absolute atomic E-state index is 3.36. The molecule has 0 aliphatic carbocycles.